The molecule has 0 unspecified atom stereocenters. The number of thiazole rings is 1. The number of rotatable bonds is 4. The number of benzene rings is 1. The average molecular weight is 298 g/mol. The number of imidazole rings is 1. The quantitative estimate of drug-likeness (QED) is 0.594. The minimum absolute atomic E-state index is 0.170. The molecule has 0 saturated heterocycles. The molecule has 0 saturated carbocycles. The summed E-state index contributed by atoms with van der Waals surface area (Å²) < 4.78 is 1.91. The molecule has 0 aliphatic rings. The zero-order valence-corrected chi connectivity index (χ0v) is 12.3. The third kappa shape index (κ3) is 3.17. The maximum atomic E-state index is 11.9. The van der Waals surface area contributed by atoms with E-state index in [9.17, 15) is 4.79 Å². The zero-order valence-electron chi connectivity index (χ0n) is 11.5. The maximum absolute atomic E-state index is 11.9. The van der Waals surface area contributed by atoms with Crippen LogP contribution in [0.3, 0.4) is 0 Å². The van der Waals surface area contributed by atoms with Gasteiger partial charge in [-0.05, 0) is 12.5 Å². The molecule has 2 heterocycles. The number of aromatic nitrogens is 2. The molecule has 0 radical (unpaired) electrons. The smallest absolute Gasteiger partial charge is 0.246 e. The first-order valence-electron chi connectivity index (χ1n) is 6.52. The first-order chi connectivity index (χ1) is 10.2. The van der Waals surface area contributed by atoms with E-state index in [0.29, 0.717) is 0 Å². The Balaban J connectivity index is 1.62. The molecule has 0 aliphatic heterocycles. The summed E-state index contributed by atoms with van der Waals surface area (Å²) >= 11 is 1.54. The predicted molar refractivity (Wildman–Crippen MR) is 83.6 cm³/mol. The third-order valence-electron chi connectivity index (χ3n) is 3.02. The minimum atomic E-state index is -0.170. The van der Waals surface area contributed by atoms with Gasteiger partial charge in [0.15, 0.2) is 4.96 Å². The van der Waals surface area contributed by atoms with Gasteiger partial charge in [0.25, 0.3) is 0 Å². The van der Waals surface area contributed by atoms with Gasteiger partial charge in [-0.3, -0.25) is 9.20 Å². The lowest BCUT2D eigenvalue weighted by molar-refractivity contribution is -0.120. The van der Waals surface area contributed by atoms with Crippen molar-refractivity contribution >= 4 is 27.9 Å². The Morgan fingerprint density at radius 2 is 2.19 bits per heavy atom. The number of hydrogen-bond donors (Lipinski definition) is 1. The van der Waals surface area contributed by atoms with Gasteiger partial charge in [0.05, 0.1) is 17.8 Å². The van der Waals surface area contributed by atoms with Crippen molar-refractivity contribution in [2.24, 2.45) is 5.10 Å². The highest BCUT2D eigenvalue weighted by atomic mass is 32.1. The largest absolute Gasteiger partial charge is 0.297 e. The summed E-state index contributed by atoms with van der Waals surface area (Å²) in [5, 5.41) is 6.08. The van der Waals surface area contributed by atoms with Crippen LogP contribution in [0.15, 0.2) is 53.2 Å². The second kappa shape index (κ2) is 5.88. The number of nitrogens with one attached hydrogen (secondary N) is 1. The lowest BCUT2D eigenvalue weighted by atomic mass is 10.1. The molecule has 3 rings (SSSR count). The van der Waals surface area contributed by atoms with Crippen LogP contribution < -0.4 is 5.43 Å². The van der Waals surface area contributed by atoms with Gasteiger partial charge in [-0.25, -0.2) is 10.4 Å². The summed E-state index contributed by atoms with van der Waals surface area (Å²) in [4.78, 5) is 17.1. The van der Waals surface area contributed by atoms with Crippen LogP contribution in [-0.2, 0) is 11.2 Å². The summed E-state index contributed by atoms with van der Waals surface area (Å²) in [7, 11) is 0. The SMILES string of the molecule is C/C(=N/NC(=O)Cc1cn2ccsc2n1)c1ccccc1. The van der Waals surface area contributed by atoms with E-state index in [4.69, 9.17) is 0 Å². The summed E-state index contributed by atoms with van der Waals surface area (Å²) in [5.74, 6) is -0.170. The van der Waals surface area contributed by atoms with Crippen molar-refractivity contribution in [3.8, 4) is 0 Å². The van der Waals surface area contributed by atoms with Crippen LogP contribution in [-0.4, -0.2) is 21.0 Å². The van der Waals surface area contributed by atoms with Crippen molar-refractivity contribution in [2.75, 3.05) is 0 Å². The Bertz CT molecular complexity index is 760. The first-order valence-corrected chi connectivity index (χ1v) is 7.40. The lowest BCUT2D eigenvalue weighted by Crippen LogP contribution is -2.21. The number of hydrogen-bond acceptors (Lipinski definition) is 4. The van der Waals surface area contributed by atoms with E-state index in [1.165, 1.54) is 0 Å². The Kier molecular flexibility index (Phi) is 3.79. The fourth-order valence-electron chi connectivity index (χ4n) is 1.96. The van der Waals surface area contributed by atoms with Crippen LogP contribution in [0.5, 0.6) is 0 Å². The van der Waals surface area contributed by atoms with Crippen molar-refractivity contribution in [1.82, 2.24) is 14.8 Å². The van der Waals surface area contributed by atoms with E-state index in [-0.39, 0.29) is 12.3 Å². The molecular weight excluding hydrogens is 284 g/mol. The van der Waals surface area contributed by atoms with Crippen LogP contribution in [0.25, 0.3) is 4.96 Å². The van der Waals surface area contributed by atoms with E-state index in [0.717, 1.165) is 21.9 Å². The molecule has 3 aromatic rings. The molecule has 21 heavy (non-hydrogen) atoms. The highest BCUT2D eigenvalue weighted by Crippen LogP contribution is 2.11. The van der Waals surface area contributed by atoms with Gasteiger partial charge in [-0.1, -0.05) is 30.3 Å². The normalized spacial score (nSPS) is 11.8. The standard InChI is InChI=1S/C15H14N4OS/c1-11(12-5-3-2-4-6-12)17-18-14(20)9-13-10-19-7-8-21-15(19)16-13/h2-8,10H,9H2,1H3,(H,18,20)/b17-11-. The van der Waals surface area contributed by atoms with Crippen LogP contribution in [0.2, 0.25) is 0 Å². The van der Waals surface area contributed by atoms with Crippen LogP contribution in [0, 0.1) is 0 Å². The number of amides is 1. The van der Waals surface area contributed by atoms with Crippen molar-refractivity contribution in [3.63, 3.8) is 0 Å². The Hall–Kier alpha value is -2.47. The molecule has 0 bridgehead atoms. The lowest BCUT2D eigenvalue weighted by Gasteiger charge is -2.01. The van der Waals surface area contributed by atoms with Crippen LogP contribution >= 0.6 is 11.3 Å². The van der Waals surface area contributed by atoms with Gasteiger partial charge in [0.1, 0.15) is 0 Å². The summed E-state index contributed by atoms with van der Waals surface area (Å²) in [6.45, 7) is 1.86. The molecule has 106 valence electrons. The van der Waals surface area contributed by atoms with Gasteiger partial charge in [0.2, 0.25) is 5.91 Å². The first kappa shape index (κ1) is 13.5. The molecule has 5 nitrogen and oxygen atoms in total. The second-order valence-corrected chi connectivity index (χ2v) is 5.47. The van der Waals surface area contributed by atoms with Gasteiger partial charge >= 0.3 is 0 Å². The fourth-order valence-corrected chi connectivity index (χ4v) is 2.67. The molecule has 0 fully saturated rings. The molecule has 1 amide bonds. The fraction of sp³-hybridized carbons (Fsp3) is 0.133. The summed E-state index contributed by atoms with van der Waals surface area (Å²) in [6, 6.07) is 9.73. The van der Waals surface area contributed by atoms with Crippen LogP contribution in [0.1, 0.15) is 18.2 Å². The highest BCUT2D eigenvalue weighted by molar-refractivity contribution is 7.15. The van der Waals surface area contributed by atoms with Gasteiger partial charge in [0, 0.05) is 17.8 Å². The summed E-state index contributed by atoms with van der Waals surface area (Å²) in [6.07, 6.45) is 4.01. The molecule has 1 N–H and O–H groups in total. The van der Waals surface area contributed by atoms with E-state index < -0.39 is 0 Å². The minimum Gasteiger partial charge on any atom is -0.297 e. The Morgan fingerprint density at radius 1 is 1.38 bits per heavy atom. The predicted octanol–water partition coefficient (Wildman–Crippen LogP) is 2.48. The van der Waals surface area contributed by atoms with Gasteiger partial charge < -0.3 is 0 Å². The molecule has 0 atom stereocenters. The molecule has 2 aromatic heterocycles. The van der Waals surface area contributed by atoms with Crippen molar-refractivity contribution in [1.29, 1.82) is 0 Å². The van der Waals surface area contributed by atoms with E-state index in [1.807, 2.05) is 59.4 Å². The van der Waals surface area contributed by atoms with E-state index >= 15 is 0 Å². The van der Waals surface area contributed by atoms with Gasteiger partial charge in [-0.15, -0.1) is 11.3 Å². The van der Waals surface area contributed by atoms with Crippen molar-refractivity contribution in [2.45, 2.75) is 13.3 Å². The maximum Gasteiger partial charge on any atom is 0.246 e. The molecule has 1 aromatic carbocycles. The van der Waals surface area contributed by atoms with Crippen molar-refractivity contribution in [3.05, 3.63) is 59.4 Å². The Morgan fingerprint density at radius 3 is 2.95 bits per heavy atom. The number of fused-ring (bicyclic) bond motifs is 1. The summed E-state index contributed by atoms with van der Waals surface area (Å²) in [5.41, 5.74) is 5.07. The number of carbonyl (C=O) groups is 1. The molecule has 6 heteroatoms. The second-order valence-electron chi connectivity index (χ2n) is 4.60. The van der Waals surface area contributed by atoms with E-state index in [2.05, 4.69) is 15.5 Å². The van der Waals surface area contributed by atoms with Crippen LogP contribution in [0.4, 0.5) is 0 Å². The highest BCUT2D eigenvalue weighted by Gasteiger charge is 2.08. The molecular formula is C15H14N4OS. The number of nitrogens with zero attached hydrogens (tertiary/aromatic N) is 3. The number of hydrazone groups is 1. The van der Waals surface area contributed by atoms with Gasteiger partial charge in [-0.2, -0.15) is 5.10 Å². The monoisotopic (exact) mass is 298 g/mol. The topological polar surface area (TPSA) is 58.8 Å². The molecule has 0 aliphatic carbocycles. The average Bonchev–Trinajstić information content (AvgIpc) is 3.07. The van der Waals surface area contributed by atoms with Crippen molar-refractivity contribution < 1.29 is 4.79 Å². The number of carbonyl (C=O) groups excluding carboxylic acids is 1. The Labute approximate surface area is 126 Å². The third-order valence-corrected chi connectivity index (χ3v) is 3.80. The zero-order chi connectivity index (χ0) is 14.7. The van der Waals surface area contributed by atoms with E-state index in [1.54, 1.807) is 11.3 Å². The molecule has 0 spiro atoms.